The first-order chi connectivity index (χ1) is 16.5. The molecule has 2 aromatic heterocycles. The average molecular weight is 462 g/mol. The molecule has 0 spiro atoms. The van der Waals surface area contributed by atoms with Crippen LogP contribution in [0.25, 0.3) is 5.65 Å². The van der Waals surface area contributed by atoms with Crippen LogP contribution in [0.1, 0.15) is 18.5 Å². The summed E-state index contributed by atoms with van der Waals surface area (Å²) in [5, 5.41) is 23.3. The zero-order chi connectivity index (χ0) is 23.7. The molecule has 1 aliphatic heterocycles. The fourth-order valence-electron chi connectivity index (χ4n) is 3.94. The number of carbonyl (C=O) groups is 1. The lowest BCUT2D eigenvalue weighted by Crippen LogP contribution is -2.44. The molecule has 176 valence electrons. The highest BCUT2D eigenvalue weighted by atomic mass is 16.6. The number of nitriles is 1. The van der Waals surface area contributed by atoms with Gasteiger partial charge in [-0.2, -0.15) is 9.78 Å². The van der Waals surface area contributed by atoms with Crippen molar-refractivity contribution >= 4 is 34.6 Å². The number of benzene rings is 1. The quantitative estimate of drug-likeness (QED) is 0.508. The number of ether oxygens (including phenoxy) is 1. The minimum atomic E-state index is -0.528. The van der Waals surface area contributed by atoms with Crippen LogP contribution in [0.4, 0.5) is 27.7 Å². The van der Waals surface area contributed by atoms with Gasteiger partial charge < -0.3 is 30.5 Å². The Hall–Kier alpha value is -4.04. The highest BCUT2D eigenvalue weighted by Crippen LogP contribution is 2.34. The third-order valence-corrected chi connectivity index (χ3v) is 6.00. The van der Waals surface area contributed by atoms with E-state index in [4.69, 9.17) is 4.74 Å². The number of aromatic nitrogens is 3. The Morgan fingerprint density at radius 2 is 2.00 bits per heavy atom. The van der Waals surface area contributed by atoms with E-state index in [2.05, 4.69) is 48.9 Å². The number of imidazole rings is 1. The van der Waals surface area contributed by atoms with Crippen LogP contribution >= 0.6 is 0 Å². The van der Waals surface area contributed by atoms with E-state index in [1.165, 1.54) is 17.8 Å². The second-order valence-corrected chi connectivity index (χ2v) is 8.59. The Balaban J connectivity index is 1.47. The van der Waals surface area contributed by atoms with Crippen molar-refractivity contribution in [3.05, 3.63) is 36.2 Å². The van der Waals surface area contributed by atoms with Gasteiger partial charge in [0.15, 0.2) is 22.9 Å². The summed E-state index contributed by atoms with van der Waals surface area (Å²) in [6, 6.07) is 10.1. The van der Waals surface area contributed by atoms with Crippen LogP contribution in [-0.4, -0.2) is 71.9 Å². The largest absolute Gasteiger partial charge is 0.412 e. The van der Waals surface area contributed by atoms with E-state index < -0.39 is 6.09 Å². The molecule has 2 aliphatic rings. The summed E-state index contributed by atoms with van der Waals surface area (Å²) in [5.41, 5.74) is 3.36. The fourth-order valence-corrected chi connectivity index (χ4v) is 3.94. The summed E-state index contributed by atoms with van der Waals surface area (Å²) in [4.78, 5) is 20.9. The van der Waals surface area contributed by atoms with Crippen molar-refractivity contribution in [2.24, 2.45) is 0 Å². The summed E-state index contributed by atoms with van der Waals surface area (Å²) in [6.07, 6.45) is 3.21. The Labute approximate surface area is 197 Å². The van der Waals surface area contributed by atoms with Gasteiger partial charge in [-0.15, -0.1) is 5.10 Å². The Kier molecular flexibility index (Phi) is 5.81. The van der Waals surface area contributed by atoms with Crippen LogP contribution in [0.5, 0.6) is 5.75 Å². The van der Waals surface area contributed by atoms with Crippen molar-refractivity contribution in [2.75, 3.05) is 55.8 Å². The average Bonchev–Trinajstić information content (AvgIpc) is 3.56. The molecule has 3 N–H and O–H groups in total. The maximum absolute atomic E-state index is 12.0. The highest BCUT2D eigenvalue weighted by molar-refractivity contribution is 5.77. The first-order valence-electron chi connectivity index (χ1n) is 11.3. The summed E-state index contributed by atoms with van der Waals surface area (Å²) in [7, 11) is 3.63. The monoisotopic (exact) mass is 461 g/mol. The van der Waals surface area contributed by atoms with Crippen LogP contribution in [0.15, 0.2) is 30.5 Å². The second-order valence-electron chi connectivity index (χ2n) is 8.59. The molecule has 2 fully saturated rings. The number of nitrogens with one attached hydrogen (secondary N) is 3. The third kappa shape index (κ3) is 4.53. The van der Waals surface area contributed by atoms with Gasteiger partial charge in [-0.3, -0.25) is 0 Å². The van der Waals surface area contributed by atoms with Gasteiger partial charge in [0.1, 0.15) is 6.07 Å². The first-order valence-corrected chi connectivity index (χ1v) is 11.3. The van der Waals surface area contributed by atoms with Gasteiger partial charge in [-0.25, -0.2) is 9.78 Å². The zero-order valence-corrected chi connectivity index (χ0v) is 19.2. The number of nitrogens with zero attached hydrogens (tertiary/aromatic N) is 6. The van der Waals surface area contributed by atoms with Crippen LogP contribution < -0.4 is 25.6 Å². The molecule has 1 saturated carbocycles. The summed E-state index contributed by atoms with van der Waals surface area (Å²) in [6.45, 7) is 3.57. The molecule has 1 amide bonds. The molecule has 11 nitrogen and oxygen atoms in total. The predicted molar refractivity (Wildman–Crippen MR) is 129 cm³/mol. The van der Waals surface area contributed by atoms with Crippen LogP contribution in [0.2, 0.25) is 0 Å². The van der Waals surface area contributed by atoms with Gasteiger partial charge in [0, 0.05) is 57.1 Å². The molecule has 11 heteroatoms. The maximum atomic E-state index is 12.0. The predicted octanol–water partition coefficient (Wildman–Crippen LogP) is 2.39. The van der Waals surface area contributed by atoms with Gasteiger partial charge in [0.05, 0.1) is 17.6 Å². The Morgan fingerprint density at radius 1 is 1.21 bits per heavy atom. The van der Waals surface area contributed by atoms with Gasteiger partial charge in [0.2, 0.25) is 0 Å². The van der Waals surface area contributed by atoms with E-state index in [1.807, 2.05) is 18.2 Å². The molecule has 5 rings (SSSR count). The van der Waals surface area contributed by atoms with E-state index in [0.717, 1.165) is 50.4 Å². The van der Waals surface area contributed by atoms with Crippen molar-refractivity contribution < 1.29 is 9.53 Å². The minimum Gasteiger partial charge on any atom is -0.408 e. The molecule has 3 heterocycles. The molecule has 1 saturated heterocycles. The number of hydrogen-bond acceptors (Lipinski definition) is 9. The molecular weight excluding hydrogens is 434 g/mol. The number of piperazine rings is 1. The molecule has 1 aromatic carbocycles. The van der Waals surface area contributed by atoms with Gasteiger partial charge >= 0.3 is 6.09 Å². The van der Waals surface area contributed by atoms with E-state index in [-0.39, 0.29) is 0 Å². The minimum absolute atomic E-state index is 0.353. The topological polar surface area (TPSA) is 123 Å². The van der Waals surface area contributed by atoms with Crippen molar-refractivity contribution in [1.29, 1.82) is 5.26 Å². The van der Waals surface area contributed by atoms with Crippen LogP contribution in [0.3, 0.4) is 0 Å². The van der Waals surface area contributed by atoms with Crippen LogP contribution in [-0.2, 0) is 0 Å². The molecule has 0 unspecified atom stereocenters. The van der Waals surface area contributed by atoms with E-state index in [9.17, 15) is 10.1 Å². The van der Waals surface area contributed by atoms with Crippen molar-refractivity contribution in [3.63, 3.8) is 0 Å². The fraction of sp³-hybridized carbons (Fsp3) is 0.391. The third-order valence-electron chi connectivity index (χ3n) is 6.00. The normalized spacial score (nSPS) is 16.2. The van der Waals surface area contributed by atoms with Gasteiger partial charge in [0.25, 0.3) is 0 Å². The zero-order valence-electron chi connectivity index (χ0n) is 19.2. The number of fused-ring (bicyclic) bond motifs is 1. The van der Waals surface area contributed by atoms with Crippen molar-refractivity contribution in [1.82, 2.24) is 24.8 Å². The van der Waals surface area contributed by atoms with Crippen LogP contribution in [0, 0.1) is 11.3 Å². The summed E-state index contributed by atoms with van der Waals surface area (Å²) >= 11 is 0. The van der Waals surface area contributed by atoms with E-state index in [0.29, 0.717) is 34.6 Å². The SMILES string of the molecule is CNC(=O)Oc1cc(Nc2cc(NC3CC3)c3ncc(C#N)n3n2)ccc1N1CCN(C)CC1. The smallest absolute Gasteiger partial charge is 0.408 e. The number of hydrogen-bond donors (Lipinski definition) is 3. The number of rotatable bonds is 6. The summed E-state index contributed by atoms with van der Waals surface area (Å²) in [5.74, 6) is 1.01. The second kappa shape index (κ2) is 9.07. The number of amides is 1. The summed E-state index contributed by atoms with van der Waals surface area (Å²) < 4.78 is 7.13. The number of carbonyl (C=O) groups excluding carboxylic acids is 1. The molecule has 0 bridgehead atoms. The molecule has 0 atom stereocenters. The number of anilines is 4. The van der Waals surface area contributed by atoms with Crippen molar-refractivity contribution in [3.8, 4) is 11.8 Å². The molecule has 34 heavy (non-hydrogen) atoms. The maximum Gasteiger partial charge on any atom is 0.412 e. The first kappa shape index (κ1) is 21.8. The standard InChI is InChI=1S/C23H27N9O2/c1-25-23(33)34-20-11-16(5-6-19(20)31-9-7-30(2)8-10-31)28-21-12-18(27-15-3-4-15)22-26-14-17(13-24)32(22)29-21/h5-6,11-12,14-15,27H,3-4,7-10H2,1-2H3,(H,25,33)(H,28,29). The molecule has 0 radical (unpaired) electrons. The Bertz CT molecular complexity index is 1250. The highest BCUT2D eigenvalue weighted by Gasteiger charge is 2.24. The lowest BCUT2D eigenvalue weighted by atomic mass is 10.2. The van der Waals surface area contributed by atoms with Gasteiger partial charge in [-0.05, 0) is 32.0 Å². The molecule has 1 aliphatic carbocycles. The Morgan fingerprint density at radius 3 is 2.71 bits per heavy atom. The molecular formula is C23H27N9O2. The van der Waals surface area contributed by atoms with E-state index in [1.54, 1.807) is 6.07 Å². The van der Waals surface area contributed by atoms with Gasteiger partial charge in [-0.1, -0.05) is 0 Å². The lowest BCUT2D eigenvalue weighted by Gasteiger charge is -2.34. The van der Waals surface area contributed by atoms with Crippen molar-refractivity contribution in [2.45, 2.75) is 18.9 Å². The molecule has 3 aromatic rings. The number of likely N-dealkylation sites (N-methyl/N-ethyl adjacent to an activating group) is 1. The van der Waals surface area contributed by atoms with E-state index >= 15 is 0 Å². The lowest BCUT2D eigenvalue weighted by molar-refractivity contribution is 0.203.